The van der Waals surface area contributed by atoms with Crippen LogP contribution in [0.1, 0.15) is 32.3 Å². The van der Waals surface area contributed by atoms with Crippen LogP contribution in [0.4, 0.5) is 10.2 Å². The third-order valence-electron chi connectivity index (χ3n) is 7.73. The largest absolute Gasteiger partial charge is 0.507 e. The molecule has 7 nitrogen and oxygen atoms in total. The van der Waals surface area contributed by atoms with E-state index < -0.39 is 11.2 Å². The molecular formula is C26H28B2ClFN4O3. The summed E-state index contributed by atoms with van der Waals surface area (Å²) in [7, 11) is 13.8. The average Bonchev–Trinajstić information content (AvgIpc) is 3.15. The lowest BCUT2D eigenvalue weighted by Crippen LogP contribution is -2.63. The van der Waals surface area contributed by atoms with Crippen molar-refractivity contribution in [3.63, 3.8) is 0 Å². The minimum atomic E-state index is -1.56. The lowest BCUT2D eigenvalue weighted by molar-refractivity contribution is -0.129. The van der Waals surface area contributed by atoms with E-state index in [1.807, 2.05) is 4.90 Å². The van der Waals surface area contributed by atoms with Gasteiger partial charge in [-0.15, -0.1) is 0 Å². The molecule has 2 aromatic rings. The number of phenolic OH excluding ortho intramolecular Hbond substituents is 1. The van der Waals surface area contributed by atoms with Gasteiger partial charge in [0.25, 0.3) is 0 Å². The van der Waals surface area contributed by atoms with Crippen LogP contribution in [0.5, 0.6) is 11.5 Å². The molecule has 1 aromatic carbocycles. The first kappa shape index (κ1) is 25.9. The number of ether oxygens (including phenoxy) is 1. The lowest BCUT2D eigenvalue weighted by Gasteiger charge is -2.49. The van der Waals surface area contributed by atoms with Gasteiger partial charge in [0.1, 0.15) is 40.5 Å². The van der Waals surface area contributed by atoms with Gasteiger partial charge in [-0.1, -0.05) is 24.2 Å². The number of hydrogen-bond acceptors (Lipinski definition) is 6. The van der Waals surface area contributed by atoms with E-state index in [4.69, 9.17) is 37.0 Å². The Morgan fingerprint density at radius 3 is 2.73 bits per heavy atom. The van der Waals surface area contributed by atoms with E-state index >= 15 is 4.39 Å². The molecule has 1 aromatic heterocycles. The molecule has 0 spiro atoms. The van der Waals surface area contributed by atoms with Crippen LogP contribution in [0, 0.1) is 5.82 Å². The van der Waals surface area contributed by atoms with Crippen LogP contribution in [0.3, 0.4) is 0 Å². The highest BCUT2D eigenvalue weighted by Gasteiger charge is 2.47. The van der Waals surface area contributed by atoms with Gasteiger partial charge >= 0.3 is 0 Å². The van der Waals surface area contributed by atoms with Crippen LogP contribution < -0.4 is 9.64 Å². The van der Waals surface area contributed by atoms with Crippen molar-refractivity contribution in [3.05, 3.63) is 47.3 Å². The van der Waals surface area contributed by atoms with Gasteiger partial charge in [0.2, 0.25) is 5.91 Å². The highest BCUT2D eigenvalue weighted by molar-refractivity contribution is 6.41. The van der Waals surface area contributed by atoms with Crippen molar-refractivity contribution in [2.24, 2.45) is 0 Å². The number of phenols is 1. The summed E-state index contributed by atoms with van der Waals surface area (Å²) < 4.78 is 21.3. The number of piperazine rings is 1. The molecule has 2 fully saturated rings. The van der Waals surface area contributed by atoms with Crippen molar-refractivity contribution in [2.45, 2.75) is 43.6 Å². The van der Waals surface area contributed by atoms with Gasteiger partial charge in [-0.05, 0) is 50.2 Å². The molecule has 3 aliphatic rings. The van der Waals surface area contributed by atoms with Crippen LogP contribution in [-0.4, -0.2) is 85.9 Å². The summed E-state index contributed by atoms with van der Waals surface area (Å²) >= 11 is 6.86. The van der Waals surface area contributed by atoms with E-state index in [2.05, 4.69) is 25.3 Å². The predicted molar refractivity (Wildman–Crippen MR) is 143 cm³/mol. The van der Waals surface area contributed by atoms with Crippen LogP contribution in [-0.2, 0) is 10.1 Å². The second-order valence-corrected chi connectivity index (χ2v) is 10.9. The van der Waals surface area contributed by atoms with E-state index in [1.54, 1.807) is 4.90 Å². The molecule has 4 heterocycles. The fraction of sp³-hybridized carbons (Fsp3) is 0.462. The van der Waals surface area contributed by atoms with Crippen molar-refractivity contribution < 1.29 is 19.0 Å². The van der Waals surface area contributed by atoms with Crippen LogP contribution in [0.25, 0.3) is 11.3 Å². The Hall–Kier alpha value is -2.71. The molecule has 1 N–H and O–H groups in total. The number of rotatable bonds is 3. The second kappa shape index (κ2) is 9.24. The van der Waals surface area contributed by atoms with Gasteiger partial charge in [0.15, 0.2) is 0 Å². The zero-order valence-electron chi connectivity index (χ0n) is 21.0. The lowest BCUT2D eigenvalue weighted by atomic mass is 9.56. The number of nitrogens with zero attached hydrogens (tertiary/aromatic N) is 4. The monoisotopic (exact) mass is 520 g/mol. The number of fused-ring (bicyclic) bond motifs is 2. The zero-order chi connectivity index (χ0) is 26.7. The SMILES string of the molecule is [B]C1([B])c2c(N3CCCC3(C)C)nc(-c3c(O)cccc3F)c(Cl)c2OC[C@H]2CN(C(=O)C=C)CCN21. The molecule has 190 valence electrons. The summed E-state index contributed by atoms with van der Waals surface area (Å²) in [6.45, 7) is 9.75. The minimum absolute atomic E-state index is 0.00954. The molecule has 2 saturated heterocycles. The fourth-order valence-electron chi connectivity index (χ4n) is 5.77. The number of benzene rings is 1. The number of aromatic nitrogens is 1. The number of halogens is 2. The van der Waals surface area contributed by atoms with Crippen molar-refractivity contribution in [1.29, 1.82) is 0 Å². The maximum Gasteiger partial charge on any atom is 0.246 e. The summed E-state index contributed by atoms with van der Waals surface area (Å²) in [5.74, 6) is -0.505. The Morgan fingerprint density at radius 2 is 2.08 bits per heavy atom. The van der Waals surface area contributed by atoms with E-state index in [0.29, 0.717) is 37.6 Å². The quantitative estimate of drug-likeness (QED) is 0.496. The van der Waals surface area contributed by atoms with Crippen molar-refractivity contribution in [3.8, 4) is 22.8 Å². The second-order valence-electron chi connectivity index (χ2n) is 10.5. The topological polar surface area (TPSA) is 69.1 Å². The fourth-order valence-corrected chi connectivity index (χ4v) is 6.06. The molecule has 11 heteroatoms. The normalized spacial score (nSPS) is 22.5. The van der Waals surface area contributed by atoms with Crippen molar-refractivity contribution >= 4 is 39.0 Å². The Bertz CT molecular complexity index is 1250. The predicted octanol–water partition coefficient (Wildman–Crippen LogP) is 3.16. The highest BCUT2D eigenvalue weighted by Crippen LogP contribution is 2.51. The third-order valence-corrected chi connectivity index (χ3v) is 8.08. The number of aromatic hydroxyl groups is 1. The Morgan fingerprint density at radius 1 is 1.32 bits per heavy atom. The van der Waals surface area contributed by atoms with Gasteiger partial charge in [-0.2, -0.15) is 0 Å². The first-order chi connectivity index (χ1) is 17.5. The maximum atomic E-state index is 15.0. The molecule has 0 unspecified atom stereocenters. The van der Waals surface area contributed by atoms with E-state index in [9.17, 15) is 9.90 Å². The molecule has 0 bridgehead atoms. The molecule has 37 heavy (non-hydrogen) atoms. The minimum Gasteiger partial charge on any atom is -0.507 e. The molecule has 4 radical (unpaired) electrons. The summed E-state index contributed by atoms with van der Waals surface area (Å²) in [5, 5.41) is 9.02. The molecular weight excluding hydrogens is 492 g/mol. The van der Waals surface area contributed by atoms with E-state index in [-0.39, 0.29) is 51.9 Å². The Kier molecular flexibility index (Phi) is 6.47. The molecule has 1 atom stereocenters. The summed E-state index contributed by atoms with van der Waals surface area (Å²) in [5.41, 5.74) is 0.0347. The Balaban J connectivity index is 1.73. The molecule has 3 aliphatic heterocycles. The number of carbonyl (C=O) groups excluding carboxylic acids is 1. The summed E-state index contributed by atoms with van der Waals surface area (Å²) in [6.07, 6.45) is 3.10. The number of amides is 1. The van der Waals surface area contributed by atoms with Gasteiger partial charge < -0.3 is 24.5 Å². The van der Waals surface area contributed by atoms with Gasteiger partial charge in [-0.3, -0.25) is 4.79 Å². The van der Waals surface area contributed by atoms with E-state index in [0.717, 1.165) is 12.8 Å². The maximum absolute atomic E-state index is 15.0. The van der Waals surface area contributed by atoms with Gasteiger partial charge in [-0.25, -0.2) is 9.37 Å². The smallest absolute Gasteiger partial charge is 0.246 e. The van der Waals surface area contributed by atoms with Crippen molar-refractivity contribution in [2.75, 3.05) is 37.7 Å². The first-order valence-electron chi connectivity index (χ1n) is 12.4. The number of hydrogen-bond donors (Lipinski definition) is 1. The number of anilines is 1. The molecule has 5 rings (SSSR count). The van der Waals surface area contributed by atoms with Gasteiger partial charge in [0.05, 0.1) is 27.3 Å². The first-order valence-corrected chi connectivity index (χ1v) is 12.7. The Labute approximate surface area is 224 Å². The molecule has 1 amide bonds. The summed E-state index contributed by atoms with van der Waals surface area (Å²) in [4.78, 5) is 22.8. The molecule has 0 saturated carbocycles. The number of carbonyl (C=O) groups is 1. The van der Waals surface area contributed by atoms with Crippen LogP contribution >= 0.6 is 11.6 Å². The van der Waals surface area contributed by atoms with E-state index in [1.165, 1.54) is 24.3 Å². The third kappa shape index (κ3) is 4.18. The average molecular weight is 521 g/mol. The highest BCUT2D eigenvalue weighted by atomic mass is 35.5. The number of pyridine rings is 1. The van der Waals surface area contributed by atoms with Gasteiger partial charge in [0, 0.05) is 37.3 Å². The zero-order valence-corrected chi connectivity index (χ0v) is 21.8. The molecule has 0 aliphatic carbocycles. The standard InChI is InChI=1S/C26H28B2ClFN4O3/c1-4-18(36)32-11-12-33-15(13-32)14-37-23-20(26(33,27)28)24(34-10-6-9-25(34,2)3)31-22(21(23)29)19-16(30)7-5-8-17(19)35/h4-5,7-8,15,35H,1,6,9-14H2,2-3H3/t15-/m1/s1. The summed E-state index contributed by atoms with van der Waals surface area (Å²) in [6, 6.07) is 3.69. The van der Waals surface area contributed by atoms with Crippen LogP contribution in [0.15, 0.2) is 30.9 Å². The van der Waals surface area contributed by atoms with Crippen molar-refractivity contribution in [1.82, 2.24) is 14.8 Å². The van der Waals surface area contributed by atoms with Crippen LogP contribution in [0.2, 0.25) is 5.02 Å².